The summed E-state index contributed by atoms with van der Waals surface area (Å²) in [5.41, 5.74) is -1.51. The summed E-state index contributed by atoms with van der Waals surface area (Å²) in [6.45, 7) is 14.2. The van der Waals surface area contributed by atoms with E-state index in [0.717, 1.165) is 32.1 Å². The lowest BCUT2D eigenvalue weighted by atomic mass is 9.72. The van der Waals surface area contributed by atoms with Crippen LogP contribution in [0.4, 0.5) is 9.59 Å². The summed E-state index contributed by atoms with van der Waals surface area (Å²) in [6.07, 6.45) is 3.12. The first kappa shape index (κ1) is 37.4. The molecule has 48 heavy (non-hydrogen) atoms. The maximum Gasteiger partial charge on any atom is 0.417 e. The highest BCUT2D eigenvalue weighted by atomic mass is 16.7. The van der Waals surface area contributed by atoms with Crippen molar-refractivity contribution in [3.05, 3.63) is 11.8 Å². The van der Waals surface area contributed by atoms with Crippen molar-refractivity contribution in [3.63, 3.8) is 0 Å². The number of carboxylic acids is 1. The Labute approximate surface area is 282 Å². The largest absolute Gasteiger partial charge is 0.480 e. The van der Waals surface area contributed by atoms with Crippen LogP contribution in [0.1, 0.15) is 93.4 Å². The first-order chi connectivity index (χ1) is 22.6. The Bertz CT molecular complexity index is 1240. The Hall–Kier alpha value is -3.39. The Balaban J connectivity index is 1.54. The van der Waals surface area contributed by atoms with E-state index in [9.17, 15) is 24.3 Å². The average molecular weight is 680 g/mol. The topological polar surface area (TPSA) is 180 Å². The van der Waals surface area contributed by atoms with Crippen molar-refractivity contribution in [2.75, 3.05) is 19.8 Å². The summed E-state index contributed by atoms with van der Waals surface area (Å²) in [7, 11) is 0. The van der Waals surface area contributed by atoms with Gasteiger partial charge in [-0.3, -0.25) is 15.4 Å². The van der Waals surface area contributed by atoms with E-state index in [1.807, 2.05) is 13.8 Å². The van der Waals surface area contributed by atoms with Crippen LogP contribution in [0.2, 0.25) is 0 Å². The van der Waals surface area contributed by atoms with Gasteiger partial charge in [-0.15, -0.1) is 0 Å². The minimum Gasteiger partial charge on any atom is -0.480 e. The molecular weight excluding hydrogens is 626 g/mol. The number of hydrogen-bond acceptors (Lipinski definition) is 11. The Morgan fingerprint density at radius 3 is 2.27 bits per heavy atom. The summed E-state index contributed by atoms with van der Waals surface area (Å²) in [4.78, 5) is 55.5. The third-order valence-electron chi connectivity index (χ3n) is 9.79. The molecule has 3 aliphatic heterocycles. The van der Waals surface area contributed by atoms with Crippen molar-refractivity contribution in [1.29, 1.82) is 0 Å². The molecule has 0 aromatic heterocycles. The highest BCUT2D eigenvalue weighted by molar-refractivity contribution is 6.01. The standard InChI is InChI=1S/C34H53N3O11/c1-19(22-17-43-18-22)23-12-11-15-44-27(23)26-20(2)24(16-25(47-26)28(38)39)35-30(37-32(42)48-33(4,5)6)36-31(41)46-21(3)45-29(40)34(7)13-9-8-10-14-34/h16,19-24,26-27H,8-15,17-18H2,1-7H3,(H,38,39)(H2,35,36,37,41,42). The van der Waals surface area contributed by atoms with Crippen molar-refractivity contribution in [2.45, 2.75) is 124 Å². The van der Waals surface area contributed by atoms with Gasteiger partial charge in [0.1, 0.15) is 11.7 Å². The van der Waals surface area contributed by atoms with Crippen molar-refractivity contribution >= 4 is 30.1 Å². The van der Waals surface area contributed by atoms with Crippen LogP contribution in [0, 0.1) is 29.1 Å². The lowest BCUT2D eigenvalue weighted by Gasteiger charge is -2.46. The van der Waals surface area contributed by atoms with E-state index in [4.69, 9.17) is 28.4 Å². The highest BCUT2D eigenvalue weighted by Gasteiger charge is 2.47. The first-order valence-corrected chi connectivity index (χ1v) is 17.1. The number of carbonyl (C=O) groups is 4. The molecule has 3 N–H and O–H groups in total. The van der Waals surface area contributed by atoms with Crippen LogP contribution in [-0.2, 0) is 38.0 Å². The van der Waals surface area contributed by atoms with E-state index >= 15 is 0 Å². The van der Waals surface area contributed by atoms with Gasteiger partial charge in [0.05, 0.1) is 30.8 Å². The minimum absolute atomic E-state index is 0.102. The minimum atomic E-state index is -1.28. The summed E-state index contributed by atoms with van der Waals surface area (Å²) in [5.74, 6) is -2.07. The average Bonchev–Trinajstić information content (AvgIpc) is 2.96. The molecule has 4 aliphatic rings. The van der Waals surface area contributed by atoms with Crippen molar-refractivity contribution in [2.24, 2.45) is 34.1 Å². The Morgan fingerprint density at radius 1 is 1.00 bits per heavy atom. The quantitative estimate of drug-likeness (QED) is 0.137. The van der Waals surface area contributed by atoms with Crippen LogP contribution >= 0.6 is 0 Å². The molecule has 3 fully saturated rings. The van der Waals surface area contributed by atoms with Gasteiger partial charge in [-0.05, 0) is 71.3 Å². The van der Waals surface area contributed by atoms with Gasteiger partial charge in [0.2, 0.25) is 18.0 Å². The number of hydrogen-bond donors (Lipinski definition) is 3. The fourth-order valence-electron chi connectivity index (χ4n) is 6.85. The van der Waals surface area contributed by atoms with E-state index in [1.165, 1.54) is 13.0 Å². The maximum atomic E-state index is 13.0. The molecule has 1 saturated carbocycles. The molecule has 0 spiro atoms. The molecule has 2 saturated heterocycles. The van der Waals surface area contributed by atoms with Gasteiger partial charge in [0, 0.05) is 25.4 Å². The number of aliphatic carboxylic acids is 1. The van der Waals surface area contributed by atoms with Crippen LogP contribution in [0.15, 0.2) is 16.8 Å². The van der Waals surface area contributed by atoms with E-state index in [2.05, 4.69) is 22.5 Å². The van der Waals surface area contributed by atoms with E-state index in [1.54, 1.807) is 20.8 Å². The molecular formula is C34H53N3O11. The fraction of sp³-hybridized carbons (Fsp3) is 0.794. The third-order valence-corrected chi connectivity index (χ3v) is 9.79. The zero-order chi connectivity index (χ0) is 35.2. The molecule has 7 atom stereocenters. The molecule has 1 aliphatic carbocycles. The van der Waals surface area contributed by atoms with Crippen molar-refractivity contribution < 1.29 is 52.7 Å². The molecule has 0 aromatic carbocycles. The van der Waals surface area contributed by atoms with Crippen LogP contribution < -0.4 is 10.6 Å². The second-order valence-corrected chi connectivity index (χ2v) is 14.8. The molecule has 0 bridgehead atoms. The second-order valence-electron chi connectivity index (χ2n) is 14.8. The molecule has 14 nitrogen and oxygen atoms in total. The number of guanidine groups is 1. The van der Waals surface area contributed by atoms with Crippen LogP contribution in [0.3, 0.4) is 0 Å². The Morgan fingerprint density at radius 2 is 1.67 bits per heavy atom. The lowest BCUT2D eigenvalue weighted by molar-refractivity contribution is -0.178. The monoisotopic (exact) mass is 679 g/mol. The van der Waals surface area contributed by atoms with Gasteiger partial charge in [0.15, 0.2) is 0 Å². The number of nitrogens with one attached hydrogen (secondary N) is 2. The summed E-state index contributed by atoms with van der Waals surface area (Å²) >= 11 is 0. The summed E-state index contributed by atoms with van der Waals surface area (Å²) < 4.78 is 33.9. The SMILES string of the molecule is CC(OC(=O)NC(=NC1C=C(C(=O)O)OC(C2OCCCC2C(C)C2COC2)C1C)NC(=O)OC(C)(C)C)OC(=O)C1(C)CCCCC1. The zero-order valence-corrected chi connectivity index (χ0v) is 29.2. The van der Waals surface area contributed by atoms with Gasteiger partial charge in [-0.25, -0.2) is 19.4 Å². The molecule has 14 heteroatoms. The maximum absolute atomic E-state index is 13.0. The number of aliphatic imine (C=N–C) groups is 1. The predicted octanol–water partition coefficient (Wildman–Crippen LogP) is 4.90. The first-order valence-electron chi connectivity index (χ1n) is 17.1. The van der Waals surface area contributed by atoms with Crippen LogP contribution in [0.25, 0.3) is 0 Å². The number of carbonyl (C=O) groups excluding carboxylic acids is 3. The number of carboxylic acid groups (broad SMARTS) is 1. The lowest BCUT2D eigenvalue weighted by Crippen LogP contribution is -2.53. The number of alkyl carbamates (subject to hydrolysis) is 2. The smallest absolute Gasteiger partial charge is 0.417 e. The normalized spacial score (nSPS) is 29.1. The fourth-order valence-corrected chi connectivity index (χ4v) is 6.85. The van der Waals surface area contributed by atoms with Gasteiger partial charge in [0.25, 0.3) is 0 Å². The van der Waals surface area contributed by atoms with Gasteiger partial charge < -0.3 is 33.5 Å². The highest BCUT2D eigenvalue weighted by Crippen LogP contribution is 2.41. The van der Waals surface area contributed by atoms with Crippen LogP contribution in [-0.4, -0.2) is 85.2 Å². The predicted molar refractivity (Wildman–Crippen MR) is 173 cm³/mol. The number of nitrogens with zero attached hydrogens (tertiary/aromatic N) is 1. The number of amides is 2. The summed E-state index contributed by atoms with van der Waals surface area (Å²) in [6, 6.07) is -0.866. The van der Waals surface area contributed by atoms with Crippen molar-refractivity contribution in [1.82, 2.24) is 10.6 Å². The van der Waals surface area contributed by atoms with E-state index in [0.29, 0.717) is 38.6 Å². The molecule has 3 heterocycles. The molecule has 4 rings (SSSR count). The third kappa shape index (κ3) is 9.83. The van der Waals surface area contributed by atoms with Gasteiger partial charge in [-0.2, -0.15) is 0 Å². The number of esters is 1. The van der Waals surface area contributed by atoms with Crippen LogP contribution in [0.5, 0.6) is 0 Å². The molecule has 270 valence electrons. The van der Waals surface area contributed by atoms with Gasteiger partial charge in [-0.1, -0.05) is 33.1 Å². The number of ether oxygens (including phenoxy) is 6. The molecule has 7 unspecified atom stereocenters. The van der Waals surface area contributed by atoms with Gasteiger partial charge >= 0.3 is 24.1 Å². The van der Waals surface area contributed by atoms with E-state index in [-0.39, 0.29) is 23.6 Å². The Kier molecular flexibility index (Phi) is 12.4. The molecule has 0 radical (unpaired) electrons. The zero-order valence-electron chi connectivity index (χ0n) is 29.2. The second kappa shape index (κ2) is 15.9. The van der Waals surface area contributed by atoms with Crippen molar-refractivity contribution in [3.8, 4) is 0 Å². The molecule has 2 amide bonds. The molecule has 0 aromatic rings. The van der Waals surface area contributed by atoms with E-state index < -0.39 is 65.6 Å². The number of rotatable bonds is 8. The summed E-state index contributed by atoms with van der Waals surface area (Å²) in [5, 5.41) is 14.8.